The molecule has 1 saturated heterocycles. The smallest absolute Gasteiger partial charge is 0.251 e. The highest BCUT2D eigenvalue weighted by molar-refractivity contribution is 7.90. The third-order valence-corrected chi connectivity index (χ3v) is 4.84. The van der Waals surface area contributed by atoms with Crippen LogP contribution in [0.15, 0.2) is 23.1 Å². The van der Waals surface area contributed by atoms with Crippen molar-refractivity contribution in [3.8, 4) is 0 Å². The van der Waals surface area contributed by atoms with Crippen LogP contribution in [-0.2, 0) is 9.84 Å². The highest BCUT2D eigenvalue weighted by Crippen LogP contribution is 2.33. The summed E-state index contributed by atoms with van der Waals surface area (Å²) in [5, 5.41) is 5.85. The molecule has 1 aromatic rings. The maximum Gasteiger partial charge on any atom is 0.251 e. The summed E-state index contributed by atoms with van der Waals surface area (Å²) in [4.78, 5) is 12.3. The number of nitrogens with one attached hydrogen (secondary N) is 2. The van der Waals surface area contributed by atoms with E-state index >= 15 is 0 Å². The summed E-state index contributed by atoms with van der Waals surface area (Å²) >= 11 is 0. The minimum atomic E-state index is -3.35. The van der Waals surface area contributed by atoms with Gasteiger partial charge in [-0.15, -0.1) is 0 Å². The number of carbonyl (C=O) groups excluding carboxylic acids is 1. The van der Waals surface area contributed by atoms with Crippen LogP contribution in [-0.4, -0.2) is 40.7 Å². The Balaban J connectivity index is 2.61. The average molecular weight is 296 g/mol. The van der Waals surface area contributed by atoms with E-state index in [2.05, 4.69) is 10.6 Å². The zero-order valence-corrected chi connectivity index (χ0v) is 12.6. The van der Waals surface area contributed by atoms with Gasteiger partial charge in [0.25, 0.3) is 5.91 Å². The molecule has 1 aromatic carbocycles. The van der Waals surface area contributed by atoms with E-state index in [-0.39, 0.29) is 16.7 Å². The van der Waals surface area contributed by atoms with Crippen LogP contribution in [0.3, 0.4) is 0 Å². The van der Waals surface area contributed by atoms with Crippen molar-refractivity contribution in [2.24, 2.45) is 0 Å². The van der Waals surface area contributed by atoms with Gasteiger partial charge in [-0.05, 0) is 49.5 Å². The van der Waals surface area contributed by atoms with E-state index in [0.29, 0.717) is 11.1 Å². The van der Waals surface area contributed by atoms with Crippen molar-refractivity contribution in [1.29, 1.82) is 0 Å². The molecule has 0 aromatic heterocycles. The molecule has 2 N–H and O–H groups in total. The summed E-state index contributed by atoms with van der Waals surface area (Å²) in [5.74, 6) is -0.126. The van der Waals surface area contributed by atoms with Gasteiger partial charge >= 0.3 is 0 Å². The van der Waals surface area contributed by atoms with Gasteiger partial charge in [0.1, 0.15) is 0 Å². The topological polar surface area (TPSA) is 75.3 Å². The Morgan fingerprint density at radius 1 is 1.30 bits per heavy atom. The quantitative estimate of drug-likeness (QED) is 0.869. The lowest BCUT2D eigenvalue weighted by atomic mass is 9.87. The van der Waals surface area contributed by atoms with Crippen LogP contribution in [0.4, 0.5) is 0 Å². The summed E-state index contributed by atoms with van der Waals surface area (Å²) in [6, 6.07) is 4.93. The Kier molecular flexibility index (Phi) is 4.45. The minimum Gasteiger partial charge on any atom is -0.355 e. The van der Waals surface area contributed by atoms with Crippen molar-refractivity contribution in [3.05, 3.63) is 29.3 Å². The van der Waals surface area contributed by atoms with Crippen LogP contribution in [0.5, 0.6) is 0 Å². The summed E-state index contributed by atoms with van der Waals surface area (Å²) < 4.78 is 24.0. The fraction of sp³-hybridized carbons (Fsp3) is 0.500. The predicted octanol–water partition coefficient (Wildman–Crippen LogP) is 0.917. The van der Waals surface area contributed by atoms with E-state index in [1.165, 1.54) is 6.26 Å². The molecule has 0 aliphatic carbocycles. The number of amides is 1. The number of benzene rings is 1. The van der Waals surface area contributed by atoms with Crippen molar-refractivity contribution in [2.75, 3.05) is 26.4 Å². The van der Waals surface area contributed by atoms with Gasteiger partial charge in [-0.2, -0.15) is 0 Å². The third-order valence-electron chi connectivity index (χ3n) is 3.68. The lowest BCUT2D eigenvalue weighted by Crippen LogP contribution is -2.29. The molecule has 1 fully saturated rings. The van der Waals surface area contributed by atoms with E-state index in [1.54, 1.807) is 25.2 Å². The normalized spacial score (nSPS) is 16.9. The van der Waals surface area contributed by atoms with Gasteiger partial charge in [0.15, 0.2) is 9.84 Å². The zero-order chi connectivity index (χ0) is 14.8. The van der Waals surface area contributed by atoms with Gasteiger partial charge in [-0.3, -0.25) is 4.79 Å². The van der Waals surface area contributed by atoms with E-state index in [0.717, 1.165) is 25.9 Å². The number of carbonyl (C=O) groups is 1. The second-order valence-corrected chi connectivity index (χ2v) is 7.08. The van der Waals surface area contributed by atoms with Crippen molar-refractivity contribution in [2.45, 2.75) is 23.7 Å². The first-order valence-corrected chi connectivity index (χ1v) is 8.60. The van der Waals surface area contributed by atoms with Gasteiger partial charge in [0.2, 0.25) is 0 Å². The average Bonchev–Trinajstić information content (AvgIpc) is 2.45. The Labute approximate surface area is 119 Å². The van der Waals surface area contributed by atoms with Crippen molar-refractivity contribution in [3.63, 3.8) is 0 Å². The van der Waals surface area contributed by atoms with Crippen LogP contribution in [0, 0.1) is 0 Å². The van der Waals surface area contributed by atoms with Gasteiger partial charge < -0.3 is 10.6 Å². The summed E-state index contributed by atoms with van der Waals surface area (Å²) in [6.07, 6.45) is 2.88. The largest absolute Gasteiger partial charge is 0.355 e. The first-order chi connectivity index (χ1) is 9.45. The van der Waals surface area contributed by atoms with Crippen LogP contribution in [0.2, 0.25) is 0 Å². The molecule has 20 heavy (non-hydrogen) atoms. The SMILES string of the molecule is CNC(=O)c1cccc(S(C)(=O)=O)c1C1CCNCC1. The van der Waals surface area contributed by atoms with Gasteiger partial charge in [-0.1, -0.05) is 6.07 Å². The molecule has 1 amide bonds. The molecule has 110 valence electrons. The Morgan fingerprint density at radius 3 is 2.50 bits per heavy atom. The molecule has 0 unspecified atom stereocenters. The lowest BCUT2D eigenvalue weighted by molar-refractivity contribution is 0.0961. The highest BCUT2D eigenvalue weighted by Gasteiger charge is 2.27. The predicted molar refractivity (Wildman–Crippen MR) is 77.8 cm³/mol. The van der Waals surface area contributed by atoms with Gasteiger partial charge in [-0.25, -0.2) is 8.42 Å². The fourth-order valence-corrected chi connectivity index (χ4v) is 3.73. The van der Waals surface area contributed by atoms with E-state index < -0.39 is 9.84 Å². The second-order valence-electron chi connectivity index (χ2n) is 5.09. The summed E-state index contributed by atoms with van der Waals surface area (Å²) in [5.41, 5.74) is 1.15. The highest BCUT2D eigenvalue weighted by atomic mass is 32.2. The molecule has 0 bridgehead atoms. The molecular formula is C14H20N2O3S. The maximum atomic E-state index is 12.0. The van der Waals surface area contributed by atoms with Crippen LogP contribution in [0.1, 0.15) is 34.7 Å². The second kappa shape index (κ2) is 5.93. The first-order valence-electron chi connectivity index (χ1n) is 6.71. The van der Waals surface area contributed by atoms with E-state index in [9.17, 15) is 13.2 Å². The Hall–Kier alpha value is -1.40. The van der Waals surface area contributed by atoms with Gasteiger partial charge in [0.05, 0.1) is 4.90 Å². The Morgan fingerprint density at radius 2 is 1.95 bits per heavy atom. The molecule has 0 spiro atoms. The molecular weight excluding hydrogens is 276 g/mol. The third kappa shape index (κ3) is 3.02. The van der Waals surface area contributed by atoms with Crippen LogP contribution in [0.25, 0.3) is 0 Å². The molecule has 0 atom stereocenters. The summed E-state index contributed by atoms with van der Waals surface area (Å²) in [7, 11) is -1.79. The molecule has 6 heteroatoms. The zero-order valence-electron chi connectivity index (χ0n) is 11.8. The molecule has 5 nitrogen and oxygen atoms in total. The van der Waals surface area contributed by atoms with Crippen LogP contribution >= 0.6 is 0 Å². The monoisotopic (exact) mass is 296 g/mol. The van der Waals surface area contributed by atoms with Crippen molar-refractivity contribution < 1.29 is 13.2 Å². The van der Waals surface area contributed by atoms with Crippen molar-refractivity contribution in [1.82, 2.24) is 10.6 Å². The Bertz CT molecular complexity index is 605. The lowest BCUT2D eigenvalue weighted by Gasteiger charge is -2.26. The molecule has 1 aliphatic heterocycles. The van der Waals surface area contributed by atoms with Crippen LogP contribution < -0.4 is 10.6 Å². The number of hydrogen-bond acceptors (Lipinski definition) is 4. The number of rotatable bonds is 3. The molecule has 0 saturated carbocycles. The summed E-state index contributed by atoms with van der Waals surface area (Å²) in [6.45, 7) is 1.69. The molecule has 0 radical (unpaired) electrons. The fourth-order valence-electron chi connectivity index (χ4n) is 2.73. The minimum absolute atomic E-state index is 0.106. The van der Waals surface area contributed by atoms with E-state index in [1.807, 2.05) is 0 Å². The number of piperidine rings is 1. The number of sulfone groups is 1. The van der Waals surface area contributed by atoms with Crippen molar-refractivity contribution >= 4 is 15.7 Å². The standard InChI is InChI=1S/C14H20N2O3S/c1-15-14(17)11-4-3-5-12(20(2,18)19)13(11)10-6-8-16-9-7-10/h3-5,10,16H,6-9H2,1-2H3,(H,15,17). The maximum absolute atomic E-state index is 12.0. The first kappa shape index (κ1) is 15.0. The molecule has 2 rings (SSSR count). The molecule has 1 heterocycles. The number of hydrogen-bond donors (Lipinski definition) is 2. The van der Waals surface area contributed by atoms with Gasteiger partial charge in [0, 0.05) is 18.9 Å². The molecule has 1 aliphatic rings. The van der Waals surface area contributed by atoms with E-state index in [4.69, 9.17) is 0 Å².